The highest BCUT2D eigenvalue weighted by molar-refractivity contribution is 6.42. The average molecular weight is 234 g/mol. The van der Waals surface area contributed by atoms with Crippen LogP contribution in [0.2, 0.25) is 10.0 Å². The van der Waals surface area contributed by atoms with Crippen LogP contribution in [0, 0.1) is 0 Å². The summed E-state index contributed by atoms with van der Waals surface area (Å²) in [6, 6.07) is 4.21. The van der Waals surface area contributed by atoms with Crippen LogP contribution in [0.5, 0.6) is 0 Å². The SMILES string of the molecule is C[C@H](Nc1ccc(Cl)c(Cl)c1)C(=O)O. The van der Waals surface area contributed by atoms with Gasteiger partial charge in [-0.3, -0.25) is 4.79 Å². The fraction of sp³-hybridized carbons (Fsp3) is 0.222. The monoisotopic (exact) mass is 233 g/mol. The molecule has 76 valence electrons. The topological polar surface area (TPSA) is 49.3 Å². The Bertz CT molecular complexity index is 355. The lowest BCUT2D eigenvalue weighted by Gasteiger charge is -2.10. The van der Waals surface area contributed by atoms with E-state index in [0.29, 0.717) is 15.7 Å². The first kappa shape index (κ1) is 11.1. The molecule has 2 N–H and O–H groups in total. The Kier molecular flexibility index (Phi) is 3.61. The van der Waals surface area contributed by atoms with Gasteiger partial charge in [-0.25, -0.2) is 0 Å². The van der Waals surface area contributed by atoms with Gasteiger partial charge in [0.1, 0.15) is 6.04 Å². The fourth-order valence-electron chi connectivity index (χ4n) is 0.898. The number of anilines is 1. The van der Waals surface area contributed by atoms with E-state index in [1.807, 2.05) is 0 Å². The highest BCUT2D eigenvalue weighted by Crippen LogP contribution is 2.25. The van der Waals surface area contributed by atoms with Gasteiger partial charge in [-0.1, -0.05) is 23.2 Å². The highest BCUT2D eigenvalue weighted by Gasteiger charge is 2.10. The second-order valence-corrected chi connectivity index (χ2v) is 3.65. The largest absolute Gasteiger partial charge is 0.480 e. The Morgan fingerprint density at radius 3 is 2.57 bits per heavy atom. The highest BCUT2D eigenvalue weighted by atomic mass is 35.5. The van der Waals surface area contributed by atoms with Gasteiger partial charge in [-0.05, 0) is 25.1 Å². The van der Waals surface area contributed by atoms with E-state index in [9.17, 15) is 4.79 Å². The van der Waals surface area contributed by atoms with E-state index in [2.05, 4.69) is 5.32 Å². The van der Waals surface area contributed by atoms with Gasteiger partial charge in [0.25, 0.3) is 0 Å². The van der Waals surface area contributed by atoms with Crippen LogP contribution in [0.3, 0.4) is 0 Å². The maximum absolute atomic E-state index is 10.5. The second-order valence-electron chi connectivity index (χ2n) is 2.83. The summed E-state index contributed by atoms with van der Waals surface area (Å²) in [4.78, 5) is 10.5. The van der Waals surface area contributed by atoms with Crippen LogP contribution >= 0.6 is 23.2 Å². The molecule has 0 unspecified atom stereocenters. The maximum atomic E-state index is 10.5. The zero-order chi connectivity index (χ0) is 10.7. The number of hydrogen-bond acceptors (Lipinski definition) is 2. The van der Waals surface area contributed by atoms with Crippen molar-refractivity contribution in [1.82, 2.24) is 0 Å². The predicted octanol–water partition coefficient (Wildman–Crippen LogP) is 2.88. The van der Waals surface area contributed by atoms with Gasteiger partial charge in [0.15, 0.2) is 0 Å². The Hall–Kier alpha value is -0.930. The van der Waals surface area contributed by atoms with E-state index in [4.69, 9.17) is 28.3 Å². The first-order valence-corrected chi connectivity index (χ1v) is 4.70. The molecule has 1 aromatic rings. The molecule has 5 heteroatoms. The number of rotatable bonds is 3. The minimum atomic E-state index is -0.920. The molecule has 0 saturated heterocycles. The predicted molar refractivity (Wildman–Crippen MR) is 57.2 cm³/mol. The molecule has 1 aromatic carbocycles. The molecule has 0 aliphatic carbocycles. The van der Waals surface area contributed by atoms with Gasteiger partial charge < -0.3 is 10.4 Å². The van der Waals surface area contributed by atoms with E-state index in [-0.39, 0.29) is 0 Å². The lowest BCUT2D eigenvalue weighted by molar-refractivity contribution is -0.137. The third kappa shape index (κ3) is 2.79. The molecular formula is C9H9Cl2NO2. The summed E-state index contributed by atoms with van der Waals surface area (Å²) >= 11 is 11.5. The number of nitrogens with one attached hydrogen (secondary N) is 1. The van der Waals surface area contributed by atoms with Crippen LogP contribution < -0.4 is 5.32 Å². The summed E-state index contributed by atoms with van der Waals surface area (Å²) in [5, 5.41) is 12.3. The summed E-state index contributed by atoms with van der Waals surface area (Å²) in [5.74, 6) is -0.920. The maximum Gasteiger partial charge on any atom is 0.325 e. The molecule has 0 bridgehead atoms. The van der Waals surface area contributed by atoms with Crippen molar-refractivity contribution in [1.29, 1.82) is 0 Å². The normalized spacial score (nSPS) is 12.2. The van der Waals surface area contributed by atoms with Crippen molar-refractivity contribution in [2.45, 2.75) is 13.0 Å². The van der Waals surface area contributed by atoms with Crippen molar-refractivity contribution in [2.75, 3.05) is 5.32 Å². The molecule has 0 saturated carbocycles. The molecule has 0 aliphatic rings. The smallest absolute Gasteiger partial charge is 0.325 e. The third-order valence-electron chi connectivity index (χ3n) is 1.67. The minimum Gasteiger partial charge on any atom is -0.480 e. The van der Waals surface area contributed by atoms with Gasteiger partial charge in [0, 0.05) is 5.69 Å². The molecule has 0 heterocycles. The number of carbonyl (C=O) groups is 1. The summed E-state index contributed by atoms with van der Waals surface area (Å²) in [5.41, 5.74) is 0.634. The van der Waals surface area contributed by atoms with Crippen LogP contribution in [0.1, 0.15) is 6.92 Å². The van der Waals surface area contributed by atoms with Crippen molar-refractivity contribution >= 4 is 34.9 Å². The zero-order valence-electron chi connectivity index (χ0n) is 7.42. The van der Waals surface area contributed by atoms with Crippen LogP contribution in [-0.4, -0.2) is 17.1 Å². The van der Waals surface area contributed by atoms with Gasteiger partial charge in [0.05, 0.1) is 10.0 Å². The first-order valence-electron chi connectivity index (χ1n) is 3.95. The van der Waals surface area contributed by atoms with Crippen LogP contribution in [0.4, 0.5) is 5.69 Å². The van der Waals surface area contributed by atoms with Crippen LogP contribution in [0.25, 0.3) is 0 Å². The Balaban J connectivity index is 2.78. The van der Waals surface area contributed by atoms with Gasteiger partial charge in [0.2, 0.25) is 0 Å². The molecule has 1 rings (SSSR count). The molecule has 0 fully saturated rings. The second kappa shape index (κ2) is 4.53. The average Bonchev–Trinajstić information content (AvgIpc) is 2.11. The number of carboxylic acids is 1. The third-order valence-corrected chi connectivity index (χ3v) is 2.41. The van der Waals surface area contributed by atoms with Gasteiger partial charge in [-0.2, -0.15) is 0 Å². The van der Waals surface area contributed by atoms with Gasteiger partial charge in [-0.15, -0.1) is 0 Å². The van der Waals surface area contributed by atoms with E-state index < -0.39 is 12.0 Å². The van der Waals surface area contributed by atoms with Crippen molar-refractivity contribution in [2.24, 2.45) is 0 Å². The molecule has 0 amide bonds. The van der Waals surface area contributed by atoms with Crippen molar-refractivity contribution < 1.29 is 9.90 Å². The zero-order valence-corrected chi connectivity index (χ0v) is 8.93. The number of aliphatic carboxylic acids is 1. The summed E-state index contributed by atoms with van der Waals surface area (Å²) in [6.07, 6.45) is 0. The molecule has 0 radical (unpaired) electrons. The number of hydrogen-bond donors (Lipinski definition) is 2. The van der Waals surface area contributed by atoms with Crippen molar-refractivity contribution in [3.8, 4) is 0 Å². The fourth-order valence-corrected chi connectivity index (χ4v) is 1.20. The quantitative estimate of drug-likeness (QED) is 0.845. The number of benzene rings is 1. The summed E-state index contributed by atoms with van der Waals surface area (Å²) in [6.45, 7) is 1.55. The standard InChI is InChI=1S/C9H9Cl2NO2/c1-5(9(13)14)12-6-2-3-7(10)8(11)4-6/h2-5,12H,1H3,(H,13,14)/t5-/m0/s1. The number of carboxylic acid groups (broad SMARTS) is 1. The lowest BCUT2D eigenvalue weighted by Crippen LogP contribution is -2.25. The van der Waals surface area contributed by atoms with E-state index in [0.717, 1.165) is 0 Å². The molecular weight excluding hydrogens is 225 g/mol. The minimum absolute atomic E-state index is 0.397. The Labute approximate surface area is 91.6 Å². The van der Waals surface area contributed by atoms with E-state index in [1.165, 1.54) is 0 Å². The molecule has 0 aromatic heterocycles. The summed E-state index contributed by atoms with van der Waals surface area (Å²) < 4.78 is 0. The summed E-state index contributed by atoms with van der Waals surface area (Å²) in [7, 11) is 0. The van der Waals surface area contributed by atoms with Crippen LogP contribution in [-0.2, 0) is 4.79 Å². The van der Waals surface area contributed by atoms with Crippen LogP contribution in [0.15, 0.2) is 18.2 Å². The van der Waals surface area contributed by atoms with E-state index in [1.54, 1.807) is 25.1 Å². The molecule has 1 atom stereocenters. The van der Waals surface area contributed by atoms with Gasteiger partial charge >= 0.3 is 5.97 Å². The Morgan fingerprint density at radius 2 is 2.07 bits per heavy atom. The lowest BCUT2D eigenvalue weighted by atomic mass is 10.2. The molecule has 0 spiro atoms. The molecule has 3 nitrogen and oxygen atoms in total. The van der Waals surface area contributed by atoms with Crippen molar-refractivity contribution in [3.05, 3.63) is 28.2 Å². The number of halogens is 2. The molecule has 14 heavy (non-hydrogen) atoms. The first-order chi connectivity index (χ1) is 6.50. The van der Waals surface area contributed by atoms with E-state index >= 15 is 0 Å². The molecule has 0 aliphatic heterocycles. The Morgan fingerprint density at radius 1 is 1.43 bits per heavy atom. The van der Waals surface area contributed by atoms with Crippen molar-refractivity contribution in [3.63, 3.8) is 0 Å².